The van der Waals surface area contributed by atoms with E-state index in [2.05, 4.69) is 25.2 Å². The molecular weight excluding hydrogens is 337 g/mol. The average Bonchev–Trinajstić information content (AvgIpc) is 3.08. The molecule has 3 heterocycles. The number of halogens is 1. The minimum atomic E-state index is -0.255. The van der Waals surface area contributed by atoms with Crippen LogP contribution in [0.25, 0.3) is 20.7 Å². The second kappa shape index (κ2) is 6.82. The Morgan fingerprint density at radius 1 is 1.08 bits per heavy atom. The SMILES string of the molecule is Fc1ccc(-c2cc3ncnc(N=NCc4cccnc4)c3s2)cc1. The van der Waals surface area contributed by atoms with Gasteiger partial charge in [-0.05, 0) is 35.4 Å². The summed E-state index contributed by atoms with van der Waals surface area (Å²) < 4.78 is 14.0. The van der Waals surface area contributed by atoms with Crippen molar-refractivity contribution in [2.45, 2.75) is 6.54 Å². The maximum atomic E-state index is 13.1. The van der Waals surface area contributed by atoms with Crippen LogP contribution >= 0.6 is 11.3 Å². The van der Waals surface area contributed by atoms with Crippen molar-refractivity contribution in [3.63, 3.8) is 0 Å². The lowest BCUT2D eigenvalue weighted by Gasteiger charge is -1.95. The molecule has 122 valence electrons. The zero-order valence-electron chi connectivity index (χ0n) is 13.0. The number of fused-ring (bicyclic) bond motifs is 1. The summed E-state index contributed by atoms with van der Waals surface area (Å²) in [7, 11) is 0. The predicted octanol–water partition coefficient (Wildman–Crippen LogP) is 5.18. The molecule has 0 fully saturated rings. The van der Waals surface area contributed by atoms with Crippen LogP contribution in [-0.4, -0.2) is 15.0 Å². The smallest absolute Gasteiger partial charge is 0.195 e. The van der Waals surface area contributed by atoms with Gasteiger partial charge in [0, 0.05) is 17.3 Å². The van der Waals surface area contributed by atoms with Gasteiger partial charge in [-0.1, -0.05) is 18.2 Å². The molecule has 0 unspecified atom stereocenters. The molecule has 4 aromatic rings. The van der Waals surface area contributed by atoms with Crippen molar-refractivity contribution < 1.29 is 4.39 Å². The van der Waals surface area contributed by atoms with Gasteiger partial charge in [0.2, 0.25) is 0 Å². The molecule has 0 saturated carbocycles. The molecule has 0 spiro atoms. The van der Waals surface area contributed by atoms with Gasteiger partial charge in [-0.15, -0.1) is 16.5 Å². The van der Waals surface area contributed by atoms with Crippen molar-refractivity contribution in [1.29, 1.82) is 0 Å². The third-order valence-corrected chi connectivity index (χ3v) is 4.73. The molecule has 0 bridgehead atoms. The third kappa shape index (κ3) is 3.41. The van der Waals surface area contributed by atoms with Crippen LogP contribution in [0.1, 0.15) is 5.56 Å². The maximum absolute atomic E-state index is 13.1. The number of nitrogens with zero attached hydrogens (tertiary/aromatic N) is 5. The van der Waals surface area contributed by atoms with E-state index in [0.717, 1.165) is 26.2 Å². The van der Waals surface area contributed by atoms with Crippen LogP contribution in [0.5, 0.6) is 0 Å². The summed E-state index contributed by atoms with van der Waals surface area (Å²) in [4.78, 5) is 13.5. The molecular formula is C18H12FN5S. The molecule has 5 nitrogen and oxygen atoms in total. The summed E-state index contributed by atoms with van der Waals surface area (Å²) in [5, 5.41) is 8.45. The molecule has 0 atom stereocenters. The minimum absolute atomic E-state index is 0.255. The highest BCUT2D eigenvalue weighted by Gasteiger charge is 2.10. The highest BCUT2D eigenvalue weighted by atomic mass is 32.1. The van der Waals surface area contributed by atoms with E-state index in [0.29, 0.717) is 12.4 Å². The first-order valence-corrected chi connectivity index (χ1v) is 8.38. The fraction of sp³-hybridized carbons (Fsp3) is 0.0556. The zero-order chi connectivity index (χ0) is 17.1. The van der Waals surface area contributed by atoms with E-state index in [4.69, 9.17) is 0 Å². The van der Waals surface area contributed by atoms with Gasteiger partial charge in [-0.2, -0.15) is 5.11 Å². The average molecular weight is 349 g/mol. The molecule has 0 aliphatic carbocycles. The number of aromatic nitrogens is 3. The molecule has 0 radical (unpaired) electrons. The molecule has 0 saturated heterocycles. The fourth-order valence-electron chi connectivity index (χ4n) is 2.35. The number of azo groups is 1. The van der Waals surface area contributed by atoms with Gasteiger partial charge in [0.05, 0.1) is 16.8 Å². The largest absolute Gasteiger partial charge is 0.264 e. The summed E-state index contributed by atoms with van der Waals surface area (Å²) in [6.07, 6.45) is 4.95. The lowest BCUT2D eigenvalue weighted by molar-refractivity contribution is 0.628. The van der Waals surface area contributed by atoms with Gasteiger partial charge in [0.1, 0.15) is 12.1 Å². The molecule has 25 heavy (non-hydrogen) atoms. The van der Waals surface area contributed by atoms with Gasteiger partial charge in [-0.3, -0.25) is 4.98 Å². The van der Waals surface area contributed by atoms with Crippen LogP contribution < -0.4 is 0 Å². The van der Waals surface area contributed by atoms with Crippen LogP contribution in [0, 0.1) is 5.82 Å². The molecule has 3 aromatic heterocycles. The lowest BCUT2D eigenvalue weighted by Crippen LogP contribution is -1.81. The Labute approximate surface area is 147 Å². The second-order valence-electron chi connectivity index (χ2n) is 5.29. The van der Waals surface area contributed by atoms with Crippen molar-refractivity contribution in [3.8, 4) is 10.4 Å². The Bertz CT molecular complexity index is 1030. The number of hydrogen-bond donors (Lipinski definition) is 0. The van der Waals surface area contributed by atoms with Gasteiger partial charge in [0.25, 0.3) is 0 Å². The Morgan fingerprint density at radius 2 is 1.96 bits per heavy atom. The van der Waals surface area contributed by atoms with Crippen molar-refractivity contribution in [3.05, 3.63) is 72.6 Å². The van der Waals surface area contributed by atoms with Crippen LogP contribution in [-0.2, 0) is 6.54 Å². The molecule has 0 aliphatic rings. The molecule has 0 amide bonds. The van der Waals surface area contributed by atoms with E-state index in [-0.39, 0.29) is 5.82 Å². The van der Waals surface area contributed by atoms with Crippen LogP contribution in [0.3, 0.4) is 0 Å². The normalized spacial score (nSPS) is 11.4. The second-order valence-corrected chi connectivity index (χ2v) is 6.34. The van der Waals surface area contributed by atoms with Gasteiger partial charge < -0.3 is 0 Å². The quantitative estimate of drug-likeness (QED) is 0.477. The number of rotatable bonds is 4. The maximum Gasteiger partial charge on any atom is 0.195 e. The van der Waals surface area contributed by atoms with Gasteiger partial charge in [-0.25, -0.2) is 14.4 Å². The van der Waals surface area contributed by atoms with Crippen molar-refractivity contribution in [2.24, 2.45) is 10.2 Å². The Kier molecular flexibility index (Phi) is 4.22. The Hall–Kier alpha value is -3.06. The van der Waals surface area contributed by atoms with E-state index in [1.807, 2.05) is 18.2 Å². The summed E-state index contributed by atoms with van der Waals surface area (Å²) in [5.41, 5.74) is 2.71. The summed E-state index contributed by atoms with van der Waals surface area (Å²) in [6, 6.07) is 12.1. The minimum Gasteiger partial charge on any atom is -0.264 e. The fourth-order valence-corrected chi connectivity index (χ4v) is 3.39. The molecule has 7 heteroatoms. The topological polar surface area (TPSA) is 63.4 Å². The molecule has 0 aliphatic heterocycles. The summed E-state index contributed by atoms with van der Waals surface area (Å²) >= 11 is 1.52. The number of thiophene rings is 1. The van der Waals surface area contributed by atoms with E-state index in [9.17, 15) is 4.39 Å². The molecule has 0 N–H and O–H groups in total. The van der Waals surface area contributed by atoms with E-state index < -0.39 is 0 Å². The Morgan fingerprint density at radius 3 is 2.76 bits per heavy atom. The molecule has 4 rings (SSSR count). The van der Waals surface area contributed by atoms with E-state index >= 15 is 0 Å². The van der Waals surface area contributed by atoms with Crippen LogP contribution in [0.2, 0.25) is 0 Å². The first-order valence-electron chi connectivity index (χ1n) is 7.56. The third-order valence-electron chi connectivity index (χ3n) is 3.56. The predicted molar refractivity (Wildman–Crippen MR) is 95.3 cm³/mol. The molecule has 1 aromatic carbocycles. The summed E-state index contributed by atoms with van der Waals surface area (Å²) in [6.45, 7) is 0.440. The number of pyridine rings is 1. The Balaban J connectivity index is 1.64. The van der Waals surface area contributed by atoms with Crippen molar-refractivity contribution in [2.75, 3.05) is 0 Å². The first-order chi connectivity index (χ1) is 12.3. The monoisotopic (exact) mass is 349 g/mol. The lowest BCUT2D eigenvalue weighted by atomic mass is 10.2. The zero-order valence-corrected chi connectivity index (χ0v) is 13.8. The number of benzene rings is 1. The van der Waals surface area contributed by atoms with Crippen molar-refractivity contribution in [1.82, 2.24) is 15.0 Å². The van der Waals surface area contributed by atoms with Crippen LogP contribution in [0.4, 0.5) is 10.2 Å². The van der Waals surface area contributed by atoms with Gasteiger partial charge >= 0.3 is 0 Å². The van der Waals surface area contributed by atoms with E-state index in [1.165, 1.54) is 29.8 Å². The number of hydrogen-bond acceptors (Lipinski definition) is 6. The highest BCUT2D eigenvalue weighted by molar-refractivity contribution is 7.22. The summed E-state index contributed by atoms with van der Waals surface area (Å²) in [5.74, 6) is 0.279. The van der Waals surface area contributed by atoms with E-state index in [1.54, 1.807) is 24.5 Å². The van der Waals surface area contributed by atoms with Crippen molar-refractivity contribution >= 4 is 27.4 Å². The van der Waals surface area contributed by atoms with Gasteiger partial charge in [0.15, 0.2) is 5.82 Å². The van der Waals surface area contributed by atoms with Crippen LogP contribution in [0.15, 0.2) is 71.4 Å². The first kappa shape index (κ1) is 15.5. The standard InChI is InChI=1S/C18H12FN5S/c19-14-5-3-13(4-6-14)16-8-15-17(25-16)18(22-11-21-15)24-23-10-12-2-1-7-20-9-12/h1-9,11H,10H2. The highest BCUT2D eigenvalue weighted by Crippen LogP contribution is 2.36.